The Morgan fingerprint density at radius 3 is 2.75 bits per heavy atom. The largest absolute Gasteiger partial charge is 0.494 e. The quantitative estimate of drug-likeness (QED) is 0.482. The first-order valence-electron chi connectivity index (χ1n) is 6.76. The van der Waals surface area contributed by atoms with Crippen molar-refractivity contribution in [1.29, 1.82) is 0 Å². The monoisotopic (exact) mass is 354 g/mol. The van der Waals surface area contributed by atoms with Crippen LogP contribution in [0.2, 0.25) is 5.02 Å². The molecule has 126 valence electrons. The zero-order chi connectivity index (χ0) is 17.7. The third-order valence-electron chi connectivity index (χ3n) is 3.37. The molecule has 0 aliphatic carbocycles. The Kier molecular flexibility index (Phi) is 5.56. The van der Waals surface area contributed by atoms with E-state index in [2.05, 4.69) is 15.0 Å². The Morgan fingerprint density at radius 1 is 1.42 bits per heavy atom. The molecule has 6 nitrogen and oxygen atoms in total. The fraction of sp³-hybridized carbons (Fsp3) is 0.267. The van der Waals surface area contributed by atoms with Crippen LogP contribution in [-0.2, 0) is 5.67 Å². The molecule has 1 N–H and O–H groups in total. The lowest BCUT2D eigenvalue weighted by atomic mass is 10.0. The number of rotatable bonds is 6. The number of nitrogens with zero attached hydrogens (tertiary/aromatic N) is 4. The summed E-state index contributed by atoms with van der Waals surface area (Å²) >= 11 is 5.77. The van der Waals surface area contributed by atoms with Crippen LogP contribution < -0.4 is 4.74 Å². The first-order valence-corrected chi connectivity index (χ1v) is 7.14. The number of aliphatic hydroxyl groups excluding tert-OH is 1. The zero-order valence-corrected chi connectivity index (χ0v) is 13.3. The van der Waals surface area contributed by atoms with Crippen molar-refractivity contribution in [2.24, 2.45) is 5.11 Å². The summed E-state index contributed by atoms with van der Waals surface area (Å²) in [5.74, 6) is -0.292. The minimum atomic E-state index is -2.35. The predicted octanol–water partition coefficient (Wildman–Crippen LogP) is 4.02. The summed E-state index contributed by atoms with van der Waals surface area (Å²) in [6.07, 6.45) is 0. The van der Waals surface area contributed by atoms with Crippen molar-refractivity contribution in [2.75, 3.05) is 20.3 Å². The summed E-state index contributed by atoms with van der Waals surface area (Å²) in [7, 11) is 1.40. The van der Waals surface area contributed by atoms with E-state index in [9.17, 15) is 13.9 Å². The highest BCUT2D eigenvalue weighted by Crippen LogP contribution is 2.34. The van der Waals surface area contributed by atoms with Crippen molar-refractivity contribution in [3.05, 3.63) is 57.3 Å². The van der Waals surface area contributed by atoms with Crippen LogP contribution in [0.1, 0.15) is 5.69 Å². The lowest BCUT2D eigenvalue weighted by Crippen LogP contribution is -2.29. The lowest BCUT2D eigenvalue weighted by Gasteiger charge is -2.21. The first kappa shape index (κ1) is 17.9. The summed E-state index contributed by atoms with van der Waals surface area (Å²) in [5.41, 5.74) is 6.49. The van der Waals surface area contributed by atoms with Gasteiger partial charge in [0.05, 0.1) is 31.0 Å². The smallest absolute Gasteiger partial charge is 0.181 e. The van der Waals surface area contributed by atoms with Gasteiger partial charge in [0.25, 0.3) is 0 Å². The van der Waals surface area contributed by atoms with Crippen molar-refractivity contribution in [1.82, 2.24) is 4.98 Å². The Bertz CT molecular complexity index is 799. The number of aromatic nitrogens is 1. The van der Waals surface area contributed by atoms with Crippen LogP contribution in [0.3, 0.4) is 0 Å². The summed E-state index contributed by atoms with van der Waals surface area (Å²) in [6, 6.07) is 6.67. The topological polar surface area (TPSA) is 91.1 Å². The minimum Gasteiger partial charge on any atom is -0.494 e. The number of azide groups is 1. The molecule has 0 bridgehead atoms. The molecule has 0 radical (unpaired) electrons. The van der Waals surface area contributed by atoms with Gasteiger partial charge in [-0.3, -0.25) is 0 Å². The number of benzene rings is 1. The van der Waals surface area contributed by atoms with Crippen molar-refractivity contribution >= 4 is 11.6 Å². The standard InChI is InChI=1S/C15H13ClF2N4O2/c1-24-12-4-5-13(15(18,8-23)7-20-22-19)21-14(12)9-2-3-11(17)10(16)6-9/h2-6,23H,7-8H2,1H3. The number of hydrogen-bond acceptors (Lipinski definition) is 4. The highest BCUT2D eigenvalue weighted by Gasteiger charge is 2.33. The number of alkyl halides is 1. The number of hydrogen-bond donors (Lipinski definition) is 1. The molecule has 1 unspecified atom stereocenters. The van der Waals surface area contributed by atoms with Gasteiger partial charge in [-0.05, 0) is 35.9 Å². The van der Waals surface area contributed by atoms with Crippen LogP contribution in [0.5, 0.6) is 5.75 Å². The van der Waals surface area contributed by atoms with Gasteiger partial charge in [0.15, 0.2) is 5.67 Å². The molecule has 2 aromatic rings. The van der Waals surface area contributed by atoms with E-state index in [0.29, 0.717) is 11.3 Å². The van der Waals surface area contributed by atoms with E-state index in [4.69, 9.17) is 21.9 Å². The molecule has 1 atom stereocenters. The Hall–Kier alpha value is -2.41. The molecular weight excluding hydrogens is 342 g/mol. The first-order chi connectivity index (χ1) is 11.4. The third kappa shape index (κ3) is 3.56. The molecule has 1 heterocycles. The minimum absolute atomic E-state index is 0.121. The SMILES string of the molecule is COc1ccc(C(F)(CO)CN=[N+]=[N-])nc1-c1ccc(F)c(Cl)c1. The molecule has 0 fully saturated rings. The van der Waals surface area contributed by atoms with Gasteiger partial charge in [0.1, 0.15) is 17.3 Å². The lowest BCUT2D eigenvalue weighted by molar-refractivity contribution is 0.0729. The number of methoxy groups -OCH3 is 1. The summed E-state index contributed by atoms with van der Waals surface area (Å²) in [6.45, 7) is -1.54. The molecule has 0 saturated heterocycles. The van der Waals surface area contributed by atoms with Crippen LogP contribution in [0, 0.1) is 5.82 Å². The Labute approximate surface area is 141 Å². The molecule has 0 amide bonds. The Morgan fingerprint density at radius 2 is 2.17 bits per heavy atom. The average molecular weight is 355 g/mol. The molecule has 1 aromatic carbocycles. The van der Waals surface area contributed by atoms with Crippen LogP contribution in [0.25, 0.3) is 21.7 Å². The van der Waals surface area contributed by atoms with E-state index in [1.54, 1.807) is 0 Å². The second-order valence-corrected chi connectivity index (χ2v) is 5.30. The molecule has 0 aliphatic rings. The summed E-state index contributed by atoms with van der Waals surface area (Å²) in [4.78, 5) is 6.65. The fourth-order valence-corrected chi connectivity index (χ4v) is 2.25. The maximum atomic E-state index is 14.8. The average Bonchev–Trinajstić information content (AvgIpc) is 2.61. The molecule has 0 spiro atoms. The predicted molar refractivity (Wildman–Crippen MR) is 85.1 cm³/mol. The number of pyridine rings is 1. The van der Waals surface area contributed by atoms with Gasteiger partial charge >= 0.3 is 0 Å². The van der Waals surface area contributed by atoms with Crippen LogP contribution in [0.4, 0.5) is 8.78 Å². The third-order valence-corrected chi connectivity index (χ3v) is 3.66. The van der Waals surface area contributed by atoms with Gasteiger partial charge in [-0.15, -0.1) is 0 Å². The maximum absolute atomic E-state index is 14.8. The van der Waals surface area contributed by atoms with Crippen molar-refractivity contribution in [2.45, 2.75) is 5.67 Å². The normalized spacial score (nSPS) is 13.0. The molecule has 24 heavy (non-hydrogen) atoms. The molecule has 0 saturated carbocycles. The van der Waals surface area contributed by atoms with Gasteiger partial charge in [0, 0.05) is 10.5 Å². The molecule has 2 rings (SSSR count). The molecule has 1 aromatic heterocycles. The second kappa shape index (κ2) is 7.44. The number of aliphatic hydroxyl groups is 1. The van der Waals surface area contributed by atoms with E-state index < -0.39 is 24.6 Å². The molecule has 9 heteroatoms. The summed E-state index contributed by atoms with van der Waals surface area (Å²) < 4.78 is 33.3. The fourth-order valence-electron chi connectivity index (χ4n) is 2.07. The zero-order valence-electron chi connectivity index (χ0n) is 12.6. The van der Waals surface area contributed by atoms with Gasteiger partial charge in [-0.25, -0.2) is 13.8 Å². The highest BCUT2D eigenvalue weighted by molar-refractivity contribution is 6.31. The number of halogens is 3. The van der Waals surface area contributed by atoms with Gasteiger partial charge in [-0.1, -0.05) is 16.7 Å². The van der Waals surface area contributed by atoms with Crippen LogP contribution in [0.15, 0.2) is 35.4 Å². The Balaban J connectivity index is 2.58. The van der Waals surface area contributed by atoms with E-state index >= 15 is 0 Å². The highest BCUT2D eigenvalue weighted by atomic mass is 35.5. The van der Waals surface area contributed by atoms with Crippen molar-refractivity contribution < 1.29 is 18.6 Å². The summed E-state index contributed by atoms with van der Waals surface area (Å²) in [5, 5.41) is 12.4. The van der Waals surface area contributed by atoms with Crippen molar-refractivity contribution in [3.63, 3.8) is 0 Å². The van der Waals surface area contributed by atoms with E-state index in [0.717, 1.165) is 6.07 Å². The second-order valence-electron chi connectivity index (χ2n) is 4.89. The number of ether oxygens (including phenoxy) is 1. The van der Waals surface area contributed by atoms with E-state index in [-0.39, 0.29) is 16.4 Å². The van der Waals surface area contributed by atoms with Gasteiger partial charge in [0.2, 0.25) is 0 Å². The molecule has 0 aliphatic heterocycles. The van der Waals surface area contributed by atoms with E-state index in [1.807, 2.05) is 0 Å². The van der Waals surface area contributed by atoms with Crippen LogP contribution >= 0.6 is 11.6 Å². The van der Waals surface area contributed by atoms with Gasteiger partial charge < -0.3 is 9.84 Å². The van der Waals surface area contributed by atoms with E-state index in [1.165, 1.54) is 31.4 Å². The van der Waals surface area contributed by atoms with Crippen molar-refractivity contribution in [3.8, 4) is 17.0 Å². The van der Waals surface area contributed by atoms with Gasteiger partial charge in [-0.2, -0.15) is 0 Å². The molecular formula is C15H13ClF2N4O2. The van der Waals surface area contributed by atoms with Crippen LogP contribution in [-0.4, -0.2) is 30.4 Å². The maximum Gasteiger partial charge on any atom is 0.181 e.